The van der Waals surface area contributed by atoms with Crippen molar-refractivity contribution in [3.8, 4) is 0 Å². The first kappa shape index (κ1) is 11.7. The van der Waals surface area contributed by atoms with Crippen LogP contribution in [0.4, 0.5) is 8.78 Å². The van der Waals surface area contributed by atoms with Crippen LogP contribution < -0.4 is 5.32 Å². The summed E-state index contributed by atoms with van der Waals surface area (Å²) in [4.78, 5) is 0. The molecule has 0 heterocycles. The lowest BCUT2D eigenvalue weighted by Crippen LogP contribution is -2.41. The first-order valence-corrected chi connectivity index (χ1v) is 3.73. The summed E-state index contributed by atoms with van der Waals surface area (Å²) in [6.07, 6.45) is 0. The highest BCUT2D eigenvalue weighted by atomic mass is 19.3. The third-order valence-corrected chi connectivity index (χ3v) is 1.36. The van der Waals surface area contributed by atoms with Crippen LogP contribution in [0.2, 0.25) is 0 Å². The molecule has 3 nitrogen and oxygen atoms in total. The van der Waals surface area contributed by atoms with Crippen molar-refractivity contribution in [2.24, 2.45) is 0 Å². The Balaban J connectivity index is 3.52. The Kier molecular flexibility index (Phi) is 5.28. The van der Waals surface area contributed by atoms with Gasteiger partial charge in [-0.25, -0.2) is 8.78 Å². The van der Waals surface area contributed by atoms with Crippen LogP contribution in [0.5, 0.6) is 0 Å². The highest BCUT2D eigenvalue weighted by Gasteiger charge is 2.27. The van der Waals surface area contributed by atoms with Crippen LogP contribution in [0.15, 0.2) is 0 Å². The Morgan fingerprint density at radius 2 is 2.17 bits per heavy atom. The second kappa shape index (κ2) is 5.40. The van der Waals surface area contributed by atoms with Gasteiger partial charge in [-0.2, -0.15) is 0 Å². The fourth-order valence-corrected chi connectivity index (χ4v) is 0.688. The lowest BCUT2D eigenvalue weighted by Gasteiger charge is -2.17. The van der Waals surface area contributed by atoms with Crippen molar-refractivity contribution in [3.05, 3.63) is 0 Å². The van der Waals surface area contributed by atoms with E-state index in [9.17, 15) is 8.78 Å². The number of hydrogen-bond acceptors (Lipinski definition) is 3. The number of nitrogens with one attached hydrogen (secondary N) is 1. The van der Waals surface area contributed by atoms with Gasteiger partial charge in [-0.15, -0.1) is 0 Å². The highest BCUT2D eigenvalue weighted by Crippen LogP contribution is 2.09. The van der Waals surface area contributed by atoms with E-state index in [1.807, 2.05) is 0 Å². The normalized spacial score (nSPS) is 14.8. The Hall–Kier alpha value is -0.260. The Morgan fingerprint density at radius 1 is 1.58 bits per heavy atom. The summed E-state index contributed by atoms with van der Waals surface area (Å²) in [5, 5.41) is 10.8. The van der Waals surface area contributed by atoms with Crippen molar-refractivity contribution in [3.63, 3.8) is 0 Å². The maximum atomic E-state index is 12.4. The van der Waals surface area contributed by atoms with Crippen LogP contribution in [0.25, 0.3) is 0 Å². The molecule has 0 aliphatic rings. The molecule has 0 bridgehead atoms. The van der Waals surface area contributed by atoms with Gasteiger partial charge in [0.15, 0.2) is 0 Å². The molecule has 0 amide bonds. The summed E-state index contributed by atoms with van der Waals surface area (Å²) in [5.41, 5.74) is 0. The minimum atomic E-state index is -3.04. The number of rotatable bonds is 6. The number of hydrogen-bond donors (Lipinski definition) is 2. The quantitative estimate of drug-likeness (QED) is 0.619. The van der Waals surface area contributed by atoms with Crippen LogP contribution in [0.1, 0.15) is 6.92 Å². The monoisotopic (exact) mass is 183 g/mol. The number of aliphatic hydroxyl groups is 1. The maximum absolute atomic E-state index is 12.4. The van der Waals surface area contributed by atoms with Crippen LogP contribution >= 0.6 is 0 Å². The summed E-state index contributed by atoms with van der Waals surface area (Å²) in [6.45, 7) is 0.464. The molecule has 0 fully saturated rings. The largest absolute Gasteiger partial charge is 0.390 e. The average molecular weight is 183 g/mol. The molecule has 1 unspecified atom stereocenters. The molecule has 0 aromatic rings. The van der Waals surface area contributed by atoms with E-state index < -0.39 is 19.1 Å². The lowest BCUT2D eigenvalue weighted by molar-refractivity contribution is -0.0502. The summed E-state index contributed by atoms with van der Waals surface area (Å²) >= 11 is 0. The molecule has 12 heavy (non-hydrogen) atoms. The third kappa shape index (κ3) is 5.40. The minimum absolute atomic E-state index is 0.132. The molecule has 0 radical (unpaired) electrons. The Bertz CT molecular complexity index is 122. The van der Waals surface area contributed by atoms with Crippen LogP contribution in [-0.2, 0) is 4.74 Å². The molecule has 5 heteroatoms. The van der Waals surface area contributed by atoms with Crippen LogP contribution in [0, 0.1) is 0 Å². The molecule has 0 aliphatic heterocycles. The van der Waals surface area contributed by atoms with Crippen molar-refractivity contribution in [1.82, 2.24) is 5.32 Å². The van der Waals surface area contributed by atoms with Crippen molar-refractivity contribution in [1.29, 1.82) is 0 Å². The number of halogens is 2. The SMILES string of the molecule is COCC(C)NCC(F)(F)CO. The van der Waals surface area contributed by atoms with Gasteiger partial charge < -0.3 is 15.2 Å². The molecular weight excluding hydrogens is 168 g/mol. The molecule has 0 aromatic carbocycles. The van der Waals surface area contributed by atoms with Crippen molar-refractivity contribution in [2.75, 3.05) is 26.9 Å². The highest BCUT2D eigenvalue weighted by molar-refractivity contribution is 4.70. The summed E-state index contributed by atoms with van der Waals surface area (Å²) < 4.78 is 29.5. The van der Waals surface area contributed by atoms with E-state index in [0.29, 0.717) is 6.61 Å². The molecule has 1 atom stereocenters. The van der Waals surface area contributed by atoms with Gasteiger partial charge in [-0.1, -0.05) is 0 Å². The lowest BCUT2D eigenvalue weighted by atomic mass is 10.3. The fraction of sp³-hybridized carbons (Fsp3) is 1.00. The Labute approximate surface area is 70.7 Å². The number of methoxy groups -OCH3 is 1. The number of alkyl halides is 2. The molecule has 0 rings (SSSR count). The van der Waals surface area contributed by atoms with E-state index in [2.05, 4.69) is 5.32 Å². The predicted octanol–water partition coefficient (Wildman–Crippen LogP) is 0.238. The van der Waals surface area contributed by atoms with Crippen molar-refractivity contribution < 1.29 is 18.6 Å². The van der Waals surface area contributed by atoms with Crippen molar-refractivity contribution in [2.45, 2.75) is 18.9 Å². The second-order valence-electron chi connectivity index (χ2n) is 2.75. The van der Waals surface area contributed by atoms with E-state index in [1.165, 1.54) is 7.11 Å². The fourth-order valence-electron chi connectivity index (χ4n) is 0.688. The zero-order valence-corrected chi connectivity index (χ0v) is 7.31. The van der Waals surface area contributed by atoms with Gasteiger partial charge in [0.05, 0.1) is 13.2 Å². The number of ether oxygens (including phenoxy) is 1. The molecule has 0 saturated heterocycles. The van der Waals surface area contributed by atoms with Gasteiger partial charge in [0.2, 0.25) is 0 Å². The van der Waals surface area contributed by atoms with E-state index >= 15 is 0 Å². The second-order valence-corrected chi connectivity index (χ2v) is 2.75. The first-order valence-electron chi connectivity index (χ1n) is 3.73. The predicted molar refractivity (Wildman–Crippen MR) is 41.4 cm³/mol. The van der Waals surface area contributed by atoms with Gasteiger partial charge in [0, 0.05) is 13.2 Å². The van der Waals surface area contributed by atoms with E-state index in [0.717, 1.165) is 0 Å². The van der Waals surface area contributed by atoms with Gasteiger partial charge in [0.1, 0.15) is 6.61 Å². The number of aliphatic hydroxyl groups excluding tert-OH is 1. The van der Waals surface area contributed by atoms with Gasteiger partial charge in [-0.05, 0) is 6.92 Å². The average Bonchev–Trinajstić information content (AvgIpc) is 2.02. The summed E-state index contributed by atoms with van der Waals surface area (Å²) in [6, 6.07) is -0.132. The Morgan fingerprint density at radius 3 is 2.58 bits per heavy atom. The first-order chi connectivity index (χ1) is 5.52. The summed E-state index contributed by atoms with van der Waals surface area (Å²) in [5.74, 6) is -3.04. The molecule has 0 aliphatic carbocycles. The molecule has 0 spiro atoms. The molecule has 74 valence electrons. The maximum Gasteiger partial charge on any atom is 0.282 e. The van der Waals surface area contributed by atoms with Gasteiger partial charge >= 0.3 is 0 Å². The van der Waals surface area contributed by atoms with Crippen LogP contribution in [-0.4, -0.2) is 43.9 Å². The third-order valence-electron chi connectivity index (χ3n) is 1.36. The smallest absolute Gasteiger partial charge is 0.282 e. The molecular formula is C7H15F2NO2. The standard InChI is InChI=1S/C7H15F2NO2/c1-6(3-12-2)10-4-7(8,9)5-11/h6,10-11H,3-5H2,1-2H3. The molecule has 0 saturated carbocycles. The zero-order valence-electron chi connectivity index (χ0n) is 7.31. The van der Waals surface area contributed by atoms with Gasteiger partial charge in [0.25, 0.3) is 5.92 Å². The minimum Gasteiger partial charge on any atom is -0.390 e. The molecule has 2 N–H and O–H groups in total. The summed E-state index contributed by atoms with van der Waals surface area (Å²) in [7, 11) is 1.50. The zero-order chi connectivity index (χ0) is 9.61. The van der Waals surface area contributed by atoms with Crippen molar-refractivity contribution >= 4 is 0 Å². The van der Waals surface area contributed by atoms with E-state index in [1.54, 1.807) is 6.92 Å². The van der Waals surface area contributed by atoms with Gasteiger partial charge in [-0.3, -0.25) is 0 Å². The van der Waals surface area contributed by atoms with E-state index in [-0.39, 0.29) is 6.04 Å². The topological polar surface area (TPSA) is 41.5 Å². The van der Waals surface area contributed by atoms with Crippen LogP contribution in [0.3, 0.4) is 0 Å². The van der Waals surface area contributed by atoms with E-state index in [4.69, 9.17) is 9.84 Å². The molecule has 0 aromatic heterocycles.